The van der Waals surface area contributed by atoms with Gasteiger partial charge < -0.3 is 16.0 Å². The molecule has 1 aromatic carbocycles. The van der Waals surface area contributed by atoms with Crippen molar-refractivity contribution in [2.24, 2.45) is 10.9 Å². The van der Waals surface area contributed by atoms with Crippen LogP contribution in [0.1, 0.15) is 33.6 Å². The Labute approximate surface area is 160 Å². The van der Waals surface area contributed by atoms with Gasteiger partial charge >= 0.3 is 0 Å². The molecule has 136 valence electrons. The third kappa shape index (κ3) is 9.05. The molecule has 1 aromatic rings. The Kier molecular flexibility index (Phi) is 12.2. The van der Waals surface area contributed by atoms with E-state index in [4.69, 9.17) is 0 Å². The van der Waals surface area contributed by atoms with E-state index >= 15 is 0 Å². The van der Waals surface area contributed by atoms with Crippen LogP contribution >= 0.6 is 24.0 Å². The summed E-state index contributed by atoms with van der Waals surface area (Å²) in [6.45, 7) is 7.82. The van der Waals surface area contributed by atoms with E-state index < -0.39 is 0 Å². The van der Waals surface area contributed by atoms with Gasteiger partial charge in [0.15, 0.2) is 5.96 Å². The minimum absolute atomic E-state index is 0. The number of carbonyl (C=O) groups excluding carboxylic acids is 1. The van der Waals surface area contributed by atoms with E-state index in [0.717, 1.165) is 25.9 Å². The average Bonchev–Trinajstić information content (AvgIpc) is 2.53. The lowest BCUT2D eigenvalue weighted by molar-refractivity contribution is -0.114. The Hall–Kier alpha value is -1.38. The number of carbonyl (C=O) groups is 1. The fourth-order valence-electron chi connectivity index (χ4n) is 2.08. The van der Waals surface area contributed by atoms with E-state index in [1.165, 1.54) is 12.1 Å². The maximum atomic E-state index is 13.1. The molecular weight excluding hydrogens is 422 g/mol. The van der Waals surface area contributed by atoms with Gasteiger partial charge in [0.2, 0.25) is 5.91 Å². The highest BCUT2D eigenvalue weighted by Gasteiger charge is 2.06. The van der Waals surface area contributed by atoms with Crippen LogP contribution in [0.4, 0.5) is 10.1 Å². The Balaban J connectivity index is 0.00000529. The second kappa shape index (κ2) is 13.0. The number of benzene rings is 1. The number of nitrogens with zero attached hydrogens (tertiary/aromatic N) is 1. The van der Waals surface area contributed by atoms with E-state index in [0.29, 0.717) is 17.6 Å². The molecule has 0 aliphatic carbocycles. The first-order valence-electron chi connectivity index (χ1n) is 8.16. The number of guanidine groups is 1. The SMILES string of the molecule is CCNC(=NCC(=O)Nc1cccc(F)c1)NCC(CC)CC.I. The van der Waals surface area contributed by atoms with Crippen molar-refractivity contribution in [3.05, 3.63) is 30.1 Å². The summed E-state index contributed by atoms with van der Waals surface area (Å²) < 4.78 is 13.1. The number of hydrogen-bond acceptors (Lipinski definition) is 2. The number of anilines is 1. The topological polar surface area (TPSA) is 65.5 Å². The van der Waals surface area contributed by atoms with Gasteiger partial charge in [-0.15, -0.1) is 24.0 Å². The van der Waals surface area contributed by atoms with Crippen LogP contribution in [-0.4, -0.2) is 31.5 Å². The summed E-state index contributed by atoms with van der Waals surface area (Å²) in [6.07, 6.45) is 2.20. The molecule has 24 heavy (non-hydrogen) atoms. The minimum Gasteiger partial charge on any atom is -0.357 e. The van der Waals surface area contributed by atoms with E-state index in [-0.39, 0.29) is 42.2 Å². The molecule has 0 saturated carbocycles. The lowest BCUT2D eigenvalue weighted by Crippen LogP contribution is -2.40. The smallest absolute Gasteiger partial charge is 0.246 e. The van der Waals surface area contributed by atoms with Crippen molar-refractivity contribution in [3.8, 4) is 0 Å². The van der Waals surface area contributed by atoms with Gasteiger partial charge in [-0.2, -0.15) is 0 Å². The van der Waals surface area contributed by atoms with Crippen LogP contribution in [0.5, 0.6) is 0 Å². The standard InChI is InChI=1S/C17H27FN4O.HI/c1-4-13(5-2)11-20-17(19-6-3)21-12-16(23)22-15-9-7-8-14(18)10-15;/h7-10,13H,4-6,11-12H2,1-3H3,(H,22,23)(H2,19,20,21);1H. The number of rotatable bonds is 8. The number of halogens is 2. The van der Waals surface area contributed by atoms with Crippen LogP contribution in [0.25, 0.3) is 0 Å². The van der Waals surface area contributed by atoms with Gasteiger partial charge in [0.25, 0.3) is 0 Å². The Morgan fingerprint density at radius 3 is 2.50 bits per heavy atom. The van der Waals surface area contributed by atoms with Crippen LogP contribution in [0.15, 0.2) is 29.3 Å². The lowest BCUT2D eigenvalue weighted by Gasteiger charge is -2.16. The van der Waals surface area contributed by atoms with Crippen molar-refractivity contribution >= 4 is 41.5 Å². The van der Waals surface area contributed by atoms with Crippen molar-refractivity contribution in [1.29, 1.82) is 0 Å². The fourth-order valence-corrected chi connectivity index (χ4v) is 2.08. The predicted octanol–water partition coefficient (Wildman–Crippen LogP) is 3.37. The zero-order valence-electron chi connectivity index (χ0n) is 14.6. The molecule has 0 atom stereocenters. The summed E-state index contributed by atoms with van der Waals surface area (Å²) in [4.78, 5) is 16.1. The van der Waals surface area contributed by atoms with Crippen LogP contribution in [0.3, 0.4) is 0 Å². The van der Waals surface area contributed by atoms with Gasteiger partial charge in [0, 0.05) is 18.8 Å². The molecule has 0 bridgehead atoms. The number of amides is 1. The molecule has 0 spiro atoms. The molecule has 0 saturated heterocycles. The van der Waals surface area contributed by atoms with E-state index in [1.54, 1.807) is 12.1 Å². The zero-order valence-corrected chi connectivity index (χ0v) is 16.9. The van der Waals surface area contributed by atoms with Crippen molar-refractivity contribution in [2.45, 2.75) is 33.6 Å². The van der Waals surface area contributed by atoms with Gasteiger partial charge in [0.05, 0.1) is 0 Å². The highest BCUT2D eigenvalue weighted by Crippen LogP contribution is 2.08. The molecule has 1 rings (SSSR count). The first-order valence-corrected chi connectivity index (χ1v) is 8.16. The molecule has 0 fully saturated rings. The first kappa shape index (κ1) is 22.6. The van der Waals surface area contributed by atoms with E-state index in [1.807, 2.05) is 6.92 Å². The van der Waals surface area contributed by atoms with E-state index in [9.17, 15) is 9.18 Å². The normalized spacial score (nSPS) is 11.0. The maximum absolute atomic E-state index is 13.1. The third-order valence-electron chi connectivity index (χ3n) is 3.55. The lowest BCUT2D eigenvalue weighted by atomic mass is 10.0. The molecule has 0 aliphatic rings. The second-order valence-electron chi connectivity index (χ2n) is 5.32. The average molecular weight is 450 g/mol. The largest absolute Gasteiger partial charge is 0.357 e. The Morgan fingerprint density at radius 1 is 1.21 bits per heavy atom. The summed E-state index contributed by atoms with van der Waals surface area (Å²) in [5.74, 6) is 0.538. The van der Waals surface area contributed by atoms with Crippen LogP contribution in [0.2, 0.25) is 0 Å². The van der Waals surface area contributed by atoms with Crippen LogP contribution in [0, 0.1) is 11.7 Å². The summed E-state index contributed by atoms with van der Waals surface area (Å²) in [5, 5.41) is 8.99. The van der Waals surface area contributed by atoms with E-state index in [2.05, 4.69) is 34.8 Å². The molecule has 1 amide bonds. The summed E-state index contributed by atoms with van der Waals surface area (Å²) in [7, 11) is 0. The summed E-state index contributed by atoms with van der Waals surface area (Å²) in [6, 6.07) is 5.80. The van der Waals surface area contributed by atoms with Crippen molar-refractivity contribution < 1.29 is 9.18 Å². The van der Waals surface area contributed by atoms with Gasteiger partial charge in [-0.3, -0.25) is 4.79 Å². The quantitative estimate of drug-likeness (QED) is 0.323. The number of nitrogens with one attached hydrogen (secondary N) is 3. The van der Waals surface area contributed by atoms with Gasteiger partial charge in [-0.25, -0.2) is 9.38 Å². The highest BCUT2D eigenvalue weighted by atomic mass is 127. The molecular formula is C17H28FIN4O. The van der Waals surface area contributed by atoms with Crippen molar-refractivity contribution in [1.82, 2.24) is 10.6 Å². The molecule has 0 heterocycles. The summed E-state index contributed by atoms with van der Waals surface area (Å²) in [5.41, 5.74) is 0.431. The predicted molar refractivity (Wildman–Crippen MR) is 108 cm³/mol. The molecule has 0 unspecified atom stereocenters. The minimum atomic E-state index is -0.383. The fraction of sp³-hybridized carbons (Fsp3) is 0.529. The Morgan fingerprint density at radius 2 is 1.92 bits per heavy atom. The molecule has 0 aromatic heterocycles. The highest BCUT2D eigenvalue weighted by molar-refractivity contribution is 14.0. The number of aliphatic imine (C=N–C) groups is 1. The van der Waals surface area contributed by atoms with Gasteiger partial charge in [0.1, 0.15) is 12.4 Å². The molecule has 5 nitrogen and oxygen atoms in total. The molecule has 7 heteroatoms. The molecule has 0 aliphatic heterocycles. The first-order chi connectivity index (χ1) is 11.1. The molecule has 3 N–H and O–H groups in total. The second-order valence-corrected chi connectivity index (χ2v) is 5.32. The van der Waals surface area contributed by atoms with Gasteiger partial charge in [-0.05, 0) is 31.0 Å². The number of hydrogen-bond donors (Lipinski definition) is 3. The van der Waals surface area contributed by atoms with Crippen LogP contribution in [-0.2, 0) is 4.79 Å². The van der Waals surface area contributed by atoms with Crippen molar-refractivity contribution in [3.63, 3.8) is 0 Å². The monoisotopic (exact) mass is 450 g/mol. The van der Waals surface area contributed by atoms with Crippen molar-refractivity contribution in [2.75, 3.05) is 25.0 Å². The van der Waals surface area contributed by atoms with Gasteiger partial charge in [-0.1, -0.05) is 32.8 Å². The zero-order chi connectivity index (χ0) is 17.1. The maximum Gasteiger partial charge on any atom is 0.246 e. The van der Waals surface area contributed by atoms with Crippen LogP contribution < -0.4 is 16.0 Å². The third-order valence-corrected chi connectivity index (χ3v) is 3.55. The molecule has 0 radical (unpaired) electrons. The summed E-state index contributed by atoms with van der Waals surface area (Å²) >= 11 is 0. The Bertz CT molecular complexity index is 521.